The van der Waals surface area contributed by atoms with Crippen LogP contribution < -0.4 is 5.73 Å². The predicted molar refractivity (Wildman–Crippen MR) is 85.2 cm³/mol. The zero-order chi connectivity index (χ0) is 14.8. The van der Waals surface area contributed by atoms with Gasteiger partial charge in [-0.25, -0.2) is 9.98 Å². The normalized spacial score (nSPS) is 20.2. The van der Waals surface area contributed by atoms with Crippen LogP contribution in [0.25, 0.3) is 5.65 Å². The van der Waals surface area contributed by atoms with Crippen molar-refractivity contribution in [1.29, 1.82) is 0 Å². The van der Waals surface area contributed by atoms with Crippen molar-refractivity contribution in [2.45, 2.75) is 33.2 Å². The third-order valence-electron chi connectivity index (χ3n) is 4.13. The first-order chi connectivity index (χ1) is 10.1. The van der Waals surface area contributed by atoms with Crippen LogP contribution in [0, 0.1) is 12.8 Å². The Kier molecular flexibility index (Phi) is 3.82. The van der Waals surface area contributed by atoms with Crippen molar-refractivity contribution in [3.63, 3.8) is 0 Å². The van der Waals surface area contributed by atoms with Crippen molar-refractivity contribution in [1.82, 2.24) is 14.3 Å². The summed E-state index contributed by atoms with van der Waals surface area (Å²) in [5.41, 5.74) is 9.22. The fourth-order valence-electron chi connectivity index (χ4n) is 2.93. The molecule has 1 saturated heterocycles. The summed E-state index contributed by atoms with van der Waals surface area (Å²) in [6, 6.07) is 6.11. The molecule has 0 bridgehead atoms. The molecule has 0 amide bonds. The zero-order valence-electron chi connectivity index (χ0n) is 12.8. The Balaban J connectivity index is 1.72. The number of hydrogen-bond acceptors (Lipinski definition) is 2. The molecule has 2 aromatic heterocycles. The molecule has 112 valence electrons. The molecule has 0 radical (unpaired) electrons. The van der Waals surface area contributed by atoms with Gasteiger partial charge < -0.3 is 15.0 Å². The average Bonchev–Trinajstić information content (AvgIpc) is 2.89. The number of likely N-dealkylation sites (tertiary alicyclic amines) is 1. The Labute approximate surface area is 125 Å². The van der Waals surface area contributed by atoms with Gasteiger partial charge in [0, 0.05) is 25.0 Å². The largest absolute Gasteiger partial charge is 0.370 e. The molecule has 5 heteroatoms. The van der Waals surface area contributed by atoms with Crippen molar-refractivity contribution >= 4 is 11.6 Å². The molecule has 5 nitrogen and oxygen atoms in total. The summed E-state index contributed by atoms with van der Waals surface area (Å²) in [4.78, 5) is 11.3. The highest BCUT2D eigenvalue weighted by molar-refractivity contribution is 5.78. The quantitative estimate of drug-likeness (QED) is 0.679. The summed E-state index contributed by atoms with van der Waals surface area (Å²) < 4.78 is 2.09. The summed E-state index contributed by atoms with van der Waals surface area (Å²) in [6.45, 7) is 6.91. The first-order valence-corrected chi connectivity index (χ1v) is 7.62. The average molecular weight is 285 g/mol. The first-order valence-electron chi connectivity index (χ1n) is 7.62. The molecule has 0 saturated carbocycles. The molecule has 0 aliphatic carbocycles. The summed E-state index contributed by atoms with van der Waals surface area (Å²) in [7, 11) is 0. The topological polar surface area (TPSA) is 58.9 Å². The van der Waals surface area contributed by atoms with E-state index in [4.69, 9.17) is 5.73 Å². The lowest BCUT2D eigenvalue weighted by Crippen LogP contribution is -2.43. The number of guanidine groups is 1. The highest BCUT2D eigenvalue weighted by atomic mass is 15.3. The molecule has 0 spiro atoms. The van der Waals surface area contributed by atoms with E-state index in [-0.39, 0.29) is 0 Å². The Morgan fingerprint density at radius 2 is 2.33 bits per heavy atom. The lowest BCUT2D eigenvalue weighted by Gasteiger charge is -2.31. The number of aliphatic imine (C=N–C) groups is 1. The van der Waals surface area contributed by atoms with Crippen molar-refractivity contribution < 1.29 is 0 Å². The minimum Gasteiger partial charge on any atom is -0.370 e. The van der Waals surface area contributed by atoms with Gasteiger partial charge in [-0.3, -0.25) is 0 Å². The van der Waals surface area contributed by atoms with Gasteiger partial charge in [-0.15, -0.1) is 0 Å². The second-order valence-electron chi connectivity index (χ2n) is 6.00. The van der Waals surface area contributed by atoms with Crippen LogP contribution in [-0.2, 0) is 6.54 Å². The van der Waals surface area contributed by atoms with Crippen molar-refractivity contribution in [2.24, 2.45) is 16.6 Å². The SMILES string of the molecule is Cc1cccc2nc(CN=C(N)N3CCCC(C)C3)cn12. The number of fused-ring (bicyclic) bond motifs is 1. The maximum Gasteiger partial charge on any atom is 0.191 e. The Morgan fingerprint density at radius 3 is 3.10 bits per heavy atom. The van der Waals surface area contributed by atoms with Crippen LogP contribution in [0.2, 0.25) is 0 Å². The molecular weight excluding hydrogens is 262 g/mol. The van der Waals surface area contributed by atoms with E-state index in [1.807, 2.05) is 18.3 Å². The van der Waals surface area contributed by atoms with Gasteiger partial charge in [-0.05, 0) is 37.8 Å². The van der Waals surface area contributed by atoms with Crippen LogP contribution in [0.4, 0.5) is 0 Å². The van der Waals surface area contributed by atoms with Crippen LogP contribution in [0.1, 0.15) is 31.2 Å². The van der Waals surface area contributed by atoms with Crippen LogP contribution in [0.15, 0.2) is 29.4 Å². The molecule has 3 rings (SSSR count). The summed E-state index contributed by atoms with van der Waals surface area (Å²) in [5.74, 6) is 1.35. The van der Waals surface area contributed by atoms with E-state index in [1.165, 1.54) is 18.5 Å². The zero-order valence-corrected chi connectivity index (χ0v) is 12.8. The Hall–Kier alpha value is -2.04. The van der Waals surface area contributed by atoms with E-state index in [2.05, 4.69) is 39.2 Å². The number of imidazole rings is 1. The van der Waals surface area contributed by atoms with Gasteiger partial charge >= 0.3 is 0 Å². The number of rotatable bonds is 2. The van der Waals surface area contributed by atoms with E-state index >= 15 is 0 Å². The Bertz CT molecular complexity index is 658. The number of pyridine rings is 1. The fraction of sp³-hybridized carbons (Fsp3) is 0.500. The summed E-state index contributed by atoms with van der Waals surface area (Å²) >= 11 is 0. The molecule has 1 aliphatic heterocycles. The summed E-state index contributed by atoms with van der Waals surface area (Å²) in [6.07, 6.45) is 4.53. The van der Waals surface area contributed by atoms with Crippen molar-refractivity contribution in [2.75, 3.05) is 13.1 Å². The molecule has 2 N–H and O–H groups in total. The van der Waals surface area contributed by atoms with Crippen LogP contribution in [0.5, 0.6) is 0 Å². The van der Waals surface area contributed by atoms with Crippen molar-refractivity contribution in [3.05, 3.63) is 35.8 Å². The van der Waals surface area contributed by atoms with Gasteiger partial charge in [0.1, 0.15) is 5.65 Å². The molecule has 21 heavy (non-hydrogen) atoms. The molecule has 1 unspecified atom stereocenters. The minimum atomic E-state index is 0.540. The molecular formula is C16H23N5. The monoisotopic (exact) mass is 285 g/mol. The summed E-state index contributed by atoms with van der Waals surface area (Å²) in [5, 5.41) is 0. The standard InChI is InChI=1S/C16H23N5/c1-12-5-4-8-20(10-12)16(17)18-9-14-11-21-13(2)6-3-7-15(21)19-14/h3,6-7,11-12H,4-5,8-10H2,1-2H3,(H2,17,18). The van der Waals surface area contributed by atoms with Crippen molar-refractivity contribution in [3.8, 4) is 0 Å². The van der Waals surface area contributed by atoms with Crippen LogP contribution in [0.3, 0.4) is 0 Å². The lowest BCUT2D eigenvalue weighted by molar-refractivity contribution is 0.270. The van der Waals surface area contributed by atoms with Gasteiger partial charge in [-0.2, -0.15) is 0 Å². The first kappa shape index (κ1) is 13.9. The maximum absolute atomic E-state index is 6.12. The van der Waals surface area contributed by atoms with E-state index in [9.17, 15) is 0 Å². The molecule has 3 heterocycles. The van der Waals surface area contributed by atoms with Gasteiger partial charge in [0.25, 0.3) is 0 Å². The van der Waals surface area contributed by atoms with E-state index in [0.29, 0.717) is 18.4 Å². The van der Waals surface area contributed by atoms with E-state index < -0.39 is 0 Å². The van der Waals surface area contributed by atoms with E-state index in [0.717, 1.165) is 24.4 Å². The number of aromatic nitrogens is 2. The number of hydrogen-bond donors (Lipinski definition) is 1. The predicted octanol–water partition coefficient (Wildman–Crippen LogP) is 2.19. The van der Waals surface area contributed by atoms with Gasteiger partial charge in [0.2, 0.25) is 0 Å². The number of nitrogens with zero attached hydrogens (tertiary/aromatic N) is 4. The fourth-order valence-corrected chi connectivity index (χ4v) is 2.93. The van der Waals surface area contributed by atoms with Gasteiger partial charge in [-0.1, -0.05) is 13.0 Å². The number of piperidine rings is 1. The second kappa shape index (κ2) is 5.76. The maximum atomic E-state index is 6.12. The third kappa shape index (κ3) is 3.01. The number of nitrogens with two attached hydrogens (primary N) is 1. The molecule has 1 aliphatic rings. The van der Waals surface area contributed by atoms with Gasteiger partial charge in [0.15, 0.2) is 5.96 Å². The van der Waals surface area contributed by atoms with E-state index in [1.54, 1.807) is 0 Å². The van der Waals surface area contributed by atoms with Crippen LogP contribution >= 0.6 is 0 Å². The number of aryl methyl sites for hydroxylation is 1. The smallest absolute Gasteiger partial charge is 0.191 e. The third-order valence-corrected chi connectivity index (χ3v) is 4.13. The molecule has 0 aromatic carbocycles. The highest BCUT2D eigenvalue weighted by Crippen LogP contribution is 2.15. The molecule has 1 fully saturated rings. The highest BCUT2D eigenvalue weighted by Gasteiger charge is 2.17. The second-order valence-corrected chi connectivity index (χ2v) is 6.00. The molecule has 1 atom stereocenters. The lowest BCUT2D eigenvalue weighted by atomic mass is 10.0. The Morgan fingerprint density at radius 1 is 1.48 bits per heavy atom. The van der Waals surface area contributed by atoms with Crippen LogP contribution in [-0.4, -0.2) is 33.3 Å². The molecule has 2 aromatic rings. The minimum absolute atomic E-state index is 0.540. The van der Waals surface area contributed by atoms with Gasteiger partial charge in [0.05, 0.1) is 12.2 Å².